The molecule has 0 radical (unpaired) electrons. The number of carbonyl (C=O) groups excluding carboxylic acids is 1. The van der Waals surface area contributed by atoms with E-state index in [1.54, 1.807) is 6.07 Å². The smallest absolute Gasteiger partial charge is 0.229 e. The Labute approximate surface area is 153 Å². The quantitative estimate of drug-likeness (QED) is 0.781. The maximum atomic E-state index is 13.1. The Balaban J connectivity index is 1.41. The Morgan fingerprint density at radius 1 is 0.962 bits per heavy atom. The molecular formula is C20H24N4O2. The minimum Gasteiger partial charge on any atom is -0.506 e. The summed E-state index contributed by atoms with van der Waals surface area (Å²) in [7, 11) is 0. The summed E-state index contributed by atoms with van der Waals surface area (Å²) in [5, 5.41) is 10.0. The second-order valence-electron chi connectivity index (χ2n) is 6.82. The van der Waals surface area contributed by atoms with Gasteiger partial charge in [-0.2, -0.15) is 0 Å². The van der Waals surface area contributed by atoms with Crippen LogP contribution in [0.1, 0.15) is 11.6 Å². The van der Waals surface area contributed by atoms with Crippen LogP contribution in [0.15, 0.2) is 54.6 Å². The van der Waals surface area contributed by atoms with E-state index in [1.165, 1.54) is 0 Å². The van der Waals surface area contributed by atoms with E-state index >= 15 is 0 Å². The van der Waals surface area contributed by atoms with Crippen molar-refractivity contribution in [2.24, 2.45) is 5.92 Å². The number of hydrogen-bond acceptors (Lipinski definition) is 5. The second kappa shape index (κ2) is 7.35. The molecule has 2 fully saturated rings. The van der Waals surface area contributed by atoms with Crippen LogP contribution in [0.25, 0.3) is 0 Å². The highest BCUT2D eigenvalue weighted by molar-refractivity contribution is 5.81. The number of para-hydroxylation sites is 2. The van der Waals surface area contributed by atoms with Crippen molar-refractivity contribution in [3.05, 3.63) is 60.2 Å². The maximum absolute atomic E-state index is 13.1. The van der Waals surface area contributed by atoms with E-state index in [0.717, 1.165) is 24.3 Å². The summed E-state index contributed by atoms with van der Waals surface area (Å²) >= 11 is 0. The van der Waals surface area contributed by atoms with Gasteiger partial charge in [0.1, 0.15) is 5.75 Å². The molecule has 2 saturated heterocycles. The predicted octanol–water partition coefficient (Wildman–Crippen LogP) is 1.51. The number of phenolic OH excluding ortho intramolecular Hbond substituents is 1. The number of piperazine rings is 1. The third-order valence-corrected chi connectivity index (χ3v) is 5.27. The van der Waals surface area contributed by atoms with Gasteiger partial charge in [0.2, 0.25) is 5.91 Å². The summed E-state index contributed by atoms with van der Waals surface area (Å²) in [5.41, 5.74) is 8.35. The molecule has 2 aliphatic rings. The molecule has 0 saturated carbocycles. The van der Waals surface area contributed by atoms with Crippen molar-refractivity contribution in [1.82, 2.24) is 15.8 Å². The fourth-order valence-electron chi connectivity index (χ4n) is 3.84. The summed E-state index contributed by atoms with van der Waals surface area (Å²) in [6.07, 6.45) is 0. The lowest BCUT2D eigenvalue weighted by Crippen LogP contribution is -2.51. The molecule has 2 heterocycles. The van der Waals surface area contributed by atoms with E-state index in [2.05, 4.69) is 27.9 Å². The molecule has 6 heteroatoms. The van der Waals surface area contributed by atoms with Crippen molar-refractivity contribution >= 4 is 11.6 Å². The molecule has 0 aliphatic carbocycles. The molecule has 4 rings (SSSR count). The van der Waals surface area contributed by atoms with Gasteiger partial charge in [0.15, 0.2) is 0 Å². The van der Waals surface area contributed by atoms with Crippen LogP contribution >= 0.6 is 0 Å². The number of benzene rings is 2. The van der Waals surface area contributed by atoms with Crippen LogP contribution in [0.2, 0.25) is 0 Å². The standard InChI is InChI=1S/C20H24N4O2/c25-18-9-5-4-8-17(18)23-10-12-24(13-11-23)20(26)16-14-21-22-19(16)15-6-2-1-3-7-15/h1-9,16,19,21-22,25H,10-14H2. The SMILES string of the molecule is O=C(C1CNNC1c1ccccc1)N1CCN(c2ccccc2O)CC1. The van der Waals surface area contributed by atoms with Crippen LogP contribution in [-0.4, -0.2) is 48.6 Å². The minimum absolute atomic E-state index is 0.0000950. The van der Waals surface area contributed by atoms with Gasteiger partial charge in [-0.15, -0.1) is 0 Å². The number of carbonyl (C=O) groups is 1. The van der Waals surface area contributed by atoms with Crippen LogP contribution in [0.5, 0.6) is 5.75 Å². The first-order valence-corrected chi connectivity index (χ1v) is 9.09. The highest BCUT2D eigenvalue weighted by Gasteiger charge is 2.37. The fourth-order valence-corrected chi connectivity index (χ4v) is 3.84. The highest BCUT2D eigenvalue weighted by Crippen LogP contribution is 2.29. The molecule has 26 heavy (non-hydrogen) atoms. The molecule has 1 amide bonds. The number of rotatable bonds is 3. The first-order chi connectivity index (χ1) is 12.7. The lowest BCUT2D eigenvalue weighted by atomic mass is 9.93. The average Bonchev–Trinajstić information content (AvgIpc) is 3.18. The normalized spacial score (nSPS) is 23.2. The Bertz CT molecular complexity index is 759. The lowest BCUT2D eigenvalue weighted by Gasteiger charge is -2.37. The van der Waals surface area contributed by atoms with Crippen molar-refractivity contribution in [1.29, 1.82) is 0 Å². The van der Waals surface area contributed by atoms with Gasteiger partial charge in [-0.05, 0) is 17.7 Å². The van der Waals surface area contributed by atoms with Gasteiger partial charge in [0, 0.05) is 32.7 Å². The van der Waals surface area contributed by atoms with Gasteiger partial charge in [0.05, 0.1) is 17.6 Å². The van der Waals surface area contributed by atoms with Crippen molar-refractivity contribution < 1.29 is 9.90 Å². The van der Waals surface area contributed by atoms with Gasteiger partial charge in [0.25, 0.3) is 0 Å². The summed E-state index contributed by atoms with van der Waals surface area (Å²) < 4.78 is 0. The van der Waals surface area contributed by atoms with Crippen molar-refractivity contribution in [3.8, 4) is 5.75 Å². The number of hydrogen-bond donors (Lipinski definition) is 3. The molecular weight excluding hydrogens is 328 g/mol. The zero-order chi connectivity index (χ0) is 17.9. The average molecular weight is 352 g/mol. The number of nitrogens with zero attached hydrogens (tertiary/aromatic N) is 2. The second-order valence-corrected chi connectivity index (χ2v) is 6.82. The molecule has 6 nitrogen and oxygen atoms in total. The number of anilines is 1. The molecule has 2 atom stereocenters. The van der Waals surface area contributed by atoms with Gasteiger partial charge < -0.3 is 14.9 Å². The van der Waals surface area contributed by atoms with Gasteiger partial charge >= 0.3 is 0 Å². The number of hydrazine groups is 1. The zero-order valence-corrected chi connectivity index (χ0v) is 14.6. The van der Waals surface area contributed by atoms with Gasteiger partial charge in [-0.3, -0.25) is 10.2 Å². The summed E-state index contributed by atoms with van der Waals surface area (Å²) in [6.45, 7) is 3.44. The maximum Gasteiger partial charge on any atom is 0.229 e. The van der Waals surface area contributed by atoms with Crippen molar-refractivity contribution in [2.45, 2.75) is 6.04 Å². The Morgan fingerprint density at radius 3 is 2.38 bits per heavy atom. The van der Waals surface area contributed by atoms with Crippen LogP contribution in [0.4, 0.5) is 5.69 Å². The first-order valence-electron chi connectivity index (χ1n) is 9.09. The number of aromatic hydroxyl groups is 1. The van der Waals surface area contributed by atoms with E-state index in [-0.39, 0.29) is 17.9 Å². The third kappa shape index (κ3) is 3.25. The van der Waals surface area contributed by atoms with Gasteiger partial charge in [-0.1, -0.05) is 42.5 Å². The molecule has 136 valence electrons. The van der Waals surface area contributed by atoms with E-state index in [4.69, 9.17) is 0 Å². The van der Waals surface area contributed by atoms with Crippen LogP contribution < -0.4 is 15.8 Å². The number of amides is 1. The lowest BCUT2D eigenvalue weighted by molar-refractivity contribution is -0.135. The van der Waals surface area contributed by atoms with Crippen molar-refractivity contribution in [3.63, 3.8) is 0 Å². The van der Waals surface area contributed by atoms with Crippen molar-refractivity contribution in [2.75, 3.05) is 37.6 Å². The molecule has 2 unspecified atom stereocenters. The predicted molar refractivity (Wildman–Crippen MR) is 101 cm³/mol. The number of phenols is 1. The summed E-state index contributed by atoms with van der Waals surface area (Å²) in [4.78, 5) is 17.2. The fraction of sp³-hybridized carbons (Fsp3) is 0.350. The summed E-state index contributed by atoms with van der Waals surface area (Å²) in [5.74, 6) is 0.378. The Morgan fingerprint density at radius 2 is 1.65 bits per heavy atom. The monoisotopic (exact) mass is 352 g/mol. The van der Waals surface area contributed by atoms with E-state index in [0.29, 0.717) is 25.4 Å². The van der Waals surface area contributed by atoms with E-state index in [9.17, 15) is 9.90 Å². The third-order valence-electron chi connectivity index (χ3n) is 5.27. The van der Waals surface area contributed by atoms with Gasteiger partial charge in [-0.25, -0.2) is 5.43 Å². The Hall–Kier alpha value is -2.57. The van der Waals surface area contributed by atoms with Crippen LogP contribution in [0.3, 0.4) is 0 Å². The Kier molecular flexibility index (Phi) is 4.77. The highest BCUT2D eigenvalue weighted by atomic mass is 16.3. The molecule has 0 spiro atoms. The molecule has 0 aromatic heterocycles. The largest absolute Gasteiger partial charge is 0.506 e. The molecule has 2 aromatic carbocycles. The van der Waals surface area contributed by atoms with E-state index < -0.39 is 0 Å². The molecule has 2 aromatic rings. The molecule has 3 N–H and O–H groups in total. The zero-order valence-electron chi connectivity index (χ0n) is 14.6. The van der Waals surface area contributed by atoms with Crippen LogP contribution in [-0.2, 0) is 4.79 Å². The topological polar surface area (TPSA) is 67.8 Å². The molecule has 2 aliphatic heterocycles. The summed E-state index contributed by atoms with van der Waals surface area (Å²) in [6, 6.07) is 17.5. The number of nitrogens with one attached hydrogen (secondary N) is 2. The van der Waals surface area contributed by atoms with E-state index in [1.807, 2.05) is 41.3 Å². The minimum atomic E-state index is -0.103. The molecule has 0 bridgehead atoms. The first kappa shape index (κ1) is 16.9. The van der Waals surface area contributed by atoms with Crippen LogP contribution in [0, 0.1) is 5.92 Å².